The maximum absolute atomic E-state index is 11.4. The van der Waals surface area contributed by atoms with Crippen LogP contribution in [0.15, 0.2) is 0 Å². The number of carbonyl (C=O) groups excluding carboxylic acids is 1. The van der Waals surface area contributed by atoms with E-state index in [1.807, 2.05) is 0 Å². The van der Waals surface area contributed by atoms with Gasteiger partial charge in [-0.05, 0) is 6.92 Å². The number of ether oxygens (including phenoxy) is 1. The fraction of sp³-hybridized carbons (Fsp3) is 0.625. The van der Waals surface area contributed by atoms with Crippen LogP contribution >= 0.6 is 7.60 Å². The Hall–Kier alpha value is -0.820. The van der Waals surface area contributed by atoms with E-state index in [-0.39, 0.29) is 0 Å². The van der Waals surface area contributed by atoms with E-state index in [0.29, 0.717) is 0 Å². The van der Waals surface area contributed by atoms with Gasteiger partial charge in [0.25, 0.3) is 0 Å². The standard InChI is InChI=1S/C8H13O5P/c1-5-7(2)13-8(9)6-14(10,11-3)12-4/h1,7H,6H2,2-4H3. The molecule has 0 fully saturated rings. The second-order valence-electron chi connectivity index (χ2n) is 2.43. The molecular weight excluding hydrogens is 207 g/mol. The molecule has 0 aromatic heterocycles. The Kier molecular flexibility index (Phi) is 5.47. The minimum absolute atomic E-state index is 0.438. The summed E-state index contributed by atoms with van der Waals surface area (Å²) in [6.45, 7) is 1.53. The van der Waals surface area contributed by atoms with E-state index < -0.39 is 25.8 Å². The lowest BCUT2D eigenvalue weighted by Gasteiger charge is -2.13. The average molecular weight is 220 g/mol. The Morgan fingerprint density at radius 1 is 1.50 bits per heavy atom. The molecule has 1 atom stereocenters. The summed E-state index contributed by atoms with van der Waals surface area (Å²) in [5, 5.41) is 0. The first kappa shape index (κ1) is 13.2. The lowest BCUT2D eigenvalue weighted by Crippen LogP contribution is -2.17. The molecule has 1 unspecified atom stereocenters. The molecule has 0 aliphatic rings. The molecule has 0 bridgehead atoms. The summed E-state index contributed by atoms with van der Waals surface area (Å²) in [7, 11) is -0.954. The molecule has 6 heteroatoms. The van der Waals surface area contributed by atoms with Gasteiger partial charge in [0.15, 0.2) is 6.10 Å². The van der Waals surface area contributed by atoms with Gasteiger partial charge in [0.05, 0.1) is 0 Å². The normalized spacial score (nSPS) is 13.0. The highest BCUT2D eigenvalue weighted by atomic mass is 31.2. The van der Waals surface area contributed by atoms with Crippen molar-refractivity contribution in [2.24, 2.45) is 0 Å². The number of hydrogen-bond donors (Lipinski definition) is 0. The Morgan fingerprint density at radius 2 is 2.00 bits per heavy atom. The third kappa shape index (κ3) is 4.43. The molecule has 0 heterocycles. The first-order chi connectivity index (χ1) is 6.47. The van der Waals surface area contributed by atoms with Gasteiger partial charge in [-0.15, -0.1) is 6.42 Å². The highest BCUT2D eigenvalue weighted by Crippen LogP contribution is 2.46. The molecule has 14 heavy (non-hydrogen) atoms. The van der Waals surface area contributed by atoms with Crippen LogP contribution in [0.4, 0.5) is 0 Å². The fourth-order valence-corrected chi connectivity index (χ4v) is 1.43. The molecule has 0 aromatic rings. The molecule has 0 aliphatic heterocycles. The lowest BCUT2D eigenvalue weighted by atomic mass is 10.4. The van der Waals surface area contributed by atoms with Crippen molar-refractivity contribution in [2.75, 3.05) is 20.4 Å². The van der Waals surface area contributed by atoms with Crippen molar-refractivity contribution >= 4 is 13.6 Å². The van der Waals surface area contributed by atoms with Gasteiger partial charge >= 0.3 is 13.6 Å². The van der Waals surface area contributed by atoms with Crippen molar-refractivity contribution in [1.82, 2.24) is 0 Å². The summed E-state index contributed by atoms with van der Waals surface area (Å²) in [6, 6.07) is 0. The summed E-state index contributed by atoms with van der Waals surface area (Å²) < 4.78 is 25.2. The third-order valence-electron chi connectivity index (χ3n) is 1.42. The quantitative estimate of drug-likeness (QED) is 0.393. The summed E-state index contributed by atoms with van der Waals surface area (Å²) in [4.78, 5) is 11.1. The van der Waals surface area contributed by atoms with Crippen molar-refractivity contribution in [3.05, 3.63) is 0 Å². The van der Waals surface area contributed by atoms with Crippen LogP contribution in [0.5, 0.6) is 0 Å². The summed E-state index contributed by atoms with van der Waals surface area (Å²) in [6.07, 6.45) is 3.90. The zero-order valence-electron chi connectivity index (χ0n) is 8.35. The Bertz CT molecular complexity index is 272. The van der Waals surface area contributed by atoms with Crippen molar-refractivity contribution in [3.63, 3.8) is 0 Å². The van der Waals surface area contributed by atoms with Crippen LogP contribution in [-0.2, 0) is 23.1 Å². The molecule has 0 amide bonds. The Labute approximate surface area is 83.3 Å². The Morgan fingerprint density at radius 3 is 2.36 bits per heavy atom. The molecule has 0 N–H and O–H groups in total. The molecule has 0 aliphatic carbocycles. The molecule has 0 rings (SSSR count). The highest BCUT2D eigenvalue weighted by Gasteiger charge is 2.27. The minimum Gasteiger partial charge on any atom is -0.449 e. The van der Waals surface area contributed by atoms with Gasteiger partial charge in [-0.1, -0.05) is 5.92 Å². The minimum atomic E-state index is -3.35. The predicted octanol–water partition coefficient (Wildman–Crippen LogP) is 1.04. The SMILES string of the molecule is C#CC(C)OC(=O)CP(=O)(OC)OC. The lowest BCUT2D eigenvalue weighted by molar-refractivity contribution is -0.142. The monoisotopic (exact) mass is 220 g/mol. The van der Waals surface area contributed by atoms with E-state index in [0.717, 1.165) is 0 Å². The van der Waals surface area contributed by atoms with Gasteiger partial charge in [0, 0.05) is 14.2 Å². The zero-order valence-corrected chi connectivity index (χ0v) is 9.24. The molecule has 0 saturated heterocycles. The highest BCUT2D eigenvalue weighted by molar-refractivity contribution is 7.54. The maximum atomic E-state index is 11.4. The molecule has 0 radical (unpaired) electrons. The van der Waals surface area contributed by atoms with Crippen LogP contribution < -0.4 is 0 Å². The van der Waals surface area contributed by atoms with Crippen LogP contribution in [-0.4, -0.2) is 32.5 Å². The number of rotatable bonds is 5. The van der Waals surface area contributed by atoms with Crippen molar-refractivity contribution in [3.8, 4) is 12.3 Å². The van der Waals surface area contributed by atoms with Gasteiger partial charge in [-0.3, -0.25) is 9.36 Å². The first-order valence-corrected chi connectivity index (χ1v) is 5.56. The van der Waals surface area contributed by atoms with E-state index in [1.54, 1.807) is 0 Å². The van der Waals surface area contributed by atoms with Crippen molar-refractivity contribution in [2.45, 2.75) is 13.0 Å². The van der Waals surface area contributed by atoms with Crippen molar-refractivity contribution in [1.29, 1.82) is 0 Å². The fourth-order valence-electron chi connectivity index (χ4n) is 0.630. The molecule has 0 spiro atoms. The molecule has 80 valence electrons. The average Bonchev–Trinajstić information content (AvgIpc) is 2.17. The van der Waals surface area contributed by atoms with E-state index in [4.69, 9.17) is 11.2 Å². The first-order valence-electron chi connectivity index (χ1n) is 3.83. The molecule has 0 aromatic carbocycles. The van der Waals surface area contributed by atoms with Gasteiger partial charge in [-0.25, -0.2) is 0 Å². The van der Waals surface area contributed by atoms with E-state index in [1.165, 1.54) is 21.1 Å². The number of esters is 1. The predicted molar refractivity (Wildman–Crippen MR) is 50.9 cm³/mol. The van der Waals surface area contributed by atoms with E-state index in [2.05, 4.69) is 15.0 Å². The van der Waals surface area contributed by atoms with Crippen molar-refractivity contribution < 1.29 is 23.1 Å². The second kappa shape index (κ2) is 5.82. The van der Waals surface area contributed by atoms with Crippen LogP contribution in [0.1, 0.15) is 6.92 Å². The van der Waals surface area contributed by atoms with Gasteiger partial charge in [0.2, 0.25) is 0 Å². The number of carbonyl (C=O) groups is 1. The smallest absolute Gasteiger partial charge is 0.341 e. The van der Waals surface area contributed by atoms with Gasteiger partial charge in [-0.2, -0.15) is 0 Å². The van der Waals surface area contributed by atoms with Crippen LogP contribution in [0.25, 0.3) is 0 Å². The molecule has 5 nitrogen and oxygen atoms in total. The van der Waals surface area contributed by atoms with Crippen LogP contribution in [0.2, 0.25) is 0 Å². The zero-order chi connectivity index (χ0) is 11.2. The van der Waals surface area contributed by atoms with Crippen LogP contribution in [0.3, 0.4) is 0 Å². The maximum Gasteiger partial charge on any atom is 0.341 e. The summed E-state index contributed by atoms with van der Waals surface area (Å²) >= 11 is 0. The van der Waals surface area contributed by atoms with E-state index in [9.17, 15) is 9.36 Å². The topological polar surface area (TPSA) is 61.8 Å². The second-order valence-corrected chi connectivity index (χ2v) is 4.70. The van der Waals surface area contributed by atoms with Crippen LogP contribution in [0, 0.1) is 12.3 Å². The number of hydrogen-bond acceptors (Lipinski definition) is 5. The molecular formula is C8H13O5P. The summed E-state index contributed by atoms with van der Waals surface area (Å²) in [5.74, 6) is 1.50. The third-order valence-corrected chi connectivity index (χ3v) is 3.18. The van der Waals surface area contributed by atoms with Gasteiger partial charge in [0.1, 0.15) is 6.16 Å². The van der Waals surface area contributed by atoms with Gasteiger partial charge < -0.3 is 13.8 Å². The molecule has 0 saturated carbocycles. The Balaban J connectivity index is 4.19. The summed E-state index contributed by atoms with van der Waals surface area (Å²) in [5.41, 5.74) is 0. The van der Waals surface area contributed by atoms with E-state index >= 15 is 0 Å². The number of terminal acetylenes is 1. The largest absolute Gasteiger partial charge is 0.449 e.